The molecule has 1 fully saturated rings. The number of hydrogen-bond donors (Lipinski definition) is 2. The van der Waals surface area contributed by atoms with Crippen LogP contribution < -0.4 is 10.6 Å². The van der Waals surface area contributed by atoms with E-state index in [9.17, 15) is 9.59 Å². The quantitative estimate of drug-likeness (QED) is 0.799. The Morgan fingerprint density at radius 1 is 1.22 bits per heavy atom. The van der Waals surface area contributed by atoms with Crippen molar-refractivity contribution in [3.8, 4) is 0 Å². The zero-order valence-corrected chi connectivity index (χ0v) is 11.0. The van der Waals surface area contributed by atoms with Gasteiger partial charge in [0.1, 0.15) is 5.54 Å². The first-order chi connectivity index (χ1) is 8.66. The predicted octanol–water partition coefficient (Wildman–Crippen LogP) is 1.91. The fourth-order valence-corrected chi connectivity index (χ4v) is 3.18. The molecule has 5 heteroatoms. The standard InChI is InChI=1S/C13H16N2O2S/c1-2-13(11(16)14-12(17)15-13)9-18-8-10-6-4-3-5-7-10/h3-7H,2,8-9H2,1H3,(H2,14,15,16,17). The Labute approximate surface area is 111 Å². The van der Waals surface area contributed by atoms with Gasteiger partial charge in [0.05, 0.1) is 0 Å². The summed E-state index contributed by atoms with van der Waals surface area (Å²) < 4.78 is 0. The Kier molecular flexibility index (Phi) is 3.91. The summed E-state index contributed by atoms with van der Waals surface area (Å²) in [5.74, 6) is 1.22. The summed E-state index contributed by atoms with van der Waals surface area (Å²) >= 11 is 1.66. The Hall–Kier alpha value is -1.49. The maximum absolute atomic E-state index is 11.8. The van der Waals surface area contributed by atoms with Crippen LogP contribution in [0.15, 0.2) is 30.3 Å². The van der Waals surface area contributed by atoms with Crippen molar-refractivity contribution in [2.75, 3.05) is 5.75 Å². The molecule has 0 aliphatic carbocycles. The number of hydrogen-bond acceptors (Lipinski definition) is 3. The SMILES string of the molecule is CCC1(CSCc2ccccc2)NC(=O)NC1=O. The highest BCUT2D eigenvalue weighted by molar-refractivity contribution is 7.98. The van der Waals surface area contributed by atoms with E-state index in [0.717, 1.165) is 5.75 Å². The molecule has 1 saturated heterocycles. The van der Waals surface area contributed by atoms with Gasteiger partial charge in [0, 0.05) is 11.5 Å². The van der Waals surface area contributed by atoms with Gasteiger partial charge in [-0.15, -0.1) is 0 Å². The molecule has 2 N–H and O–H groups in total. The number of benzene rings is 1. The molecule has 1 aromatic rings. The molecule has 96 valence electrons. The molecule has 1 aliphatic rings. The maximum Gasteiger partial charge on any atom is 0.322 e. The van der Waals surface area contributed by atoms with Crippen LogP contribution in [0, 0.1) is 0 Å². The third kappa shape index (κ3) is 2.67. The van der Waals surface area contributed by atoms with Crippen molar-refractivity contribution in [2.24, 2.45) is 0 Å². The number of carbonyl (C=O) groups is 2. The highest BCUT2D eigenvalue weighted by Crippen LogP contribution is 2.23. The fraction of sp³-hybridized carbons (Fsp3) is 0.385. The summed E-state index contributed by atoms with van der Waals surface area (Å²) in [5, 5.41) is 5.04. The van der Waals surface area contributed by atoms with E-state index in [1.807, 2.05) is 25.1 Å². The molecular formula is C13H16N2O2S. The molecule has 1 atom stereocenters. The van der Waals surface area contributed by atoms with E-state index in [1.54, 1.807) is 11.8 Å². The lowest BCUT2D eigenvalue weighted by molar-refractivity contribution is -0.123. The van der Waals surface area contributed by atoms with Crippen molar-refractivity contribution in [3.63, 3.8) is 0 Å². The topological polar surface area (TPSA) is 58.2 Å². The van der Waals surface area contributed by atoms with Crippen LogP contribution in [-0.2, 0) is 10.5 Å². The van der Waals surface area contributed by atoms with Gasteiger partial charge in [-0.25, -0.2) is 4.79 Å². The molecule has 0 bridgehead atoms. The van der Waals surface area contributed by atoms with Crippen LogP contribution in [0.2, 0.25) is 0 Å². The van der Waals surface area contributed by atoms with E-state index in [4.69, 9.17) is 0 Å². The van der Waals surface area contributed by atoms with Crippen LogP contribution >= 0.6 is 11.8 Å². The highest BCUT2D eigenvalue weighted by Gasteiger charge is 2.44. The number of thioether (sulfide) groups is 1. The number of amides is 3. The lowest BCUT2D eigenvalue weighted by Gasteiger charge is -2.23. The molecule has 4 nitrogen and oxygen atoms in total. The molecule has 0 spiro atoms. The van der Waals surface area contributed by atoms with E-state index in [1.165, 1.54) is 5.56 Å². The molecule has 1 aliphatic heterocycles. The average molecular weight is 264 g/mol. The lowest BCUT2D eigenvalue weighted by atomic mass is 10.00. The summed E-state index contributed by atoms with van der Waals surface area (Å²) in [6, 6.07) is 9.69. The van der Waals surface area contributed by atoms with Gasteiger partial charge >= 0.3 is 6.03 Å². The second kappa shape index (κ2) is 5.44. The fourth-order valence-electron chi connectivity index (χ4n) is 1.90. The summed E-state index contributed by atoms with van der Waals surface area (Å²) in [5.41, 5.74) is 0.481. The van der Waals surface area contributed by atoms with Crippen molar-refractivity contribution in [1.29, 1.82) is 0 Å². The molecule has 0 saturated carbocycles. The molecule has 2 rings (SSSR count). The second-order valence-corrected chi connectivity index (χ2v) is 5.31. The van der Waals surface area contributed by atoms with Crippen LogP contribution in [0.3, 0.4) is 0 Å². The Morgan fingerprint density at radius 2 is 1.94 bits per heavy atom. The molecule has 1 heterocycles. The van der Waals surface area contributed by atoms with Crippen molar-refractivity contribution in [3.05, 3.63) is 35.9 Å². The molecule has 0 aromatic heterocycles. The zero-order valence-electron chi connectivity index (χ0n) is 10.2. The Bertz CT molecular complexity index is 450. The minimum Gasteiger partial charge on any atom is -0.322 e. The van der Waals surface area contributed by atoms with E-state index in [0.29, 0.717) is 12.2 Å². The Balaban J connectivity index is 1.92. The first-order valence-corrected chi connectivity index (χ1v) is 7.07. The zero-order chi connectivity index (χ0) is 13.0. The van der Waals surface area contributed by atoms with Gasteiger partial charge in [-0.3, -0.25) is 10.1 Å². The number of rotatable bonds is 5. The van der Waals surface area contributed by atoms with Crippen molar-refractivity contribution >= 4 is 23.7 Å². The first-order valence-electron chi connectivity index (χ1n) is 5.91. The molecule has 1 aromatic carbocycles. The largest absolute Gasteiger partial charge is 0.322 e. The van der Waals surface area contributed by atoms with Gasteiger partial charge in [0.25, 0.3) is 5.91 Å². The Morgan fingerprint density at radius 3 is 2.50 bits per heavy atom. The minimum absolute atomic E-state index is 0.212. The number of urea groups is 1. The van der Waals surface area contributed by atoms with Crippen LogP contribution in [0.5, 0.6) is 0 Å². The third-order valence-electron chi connectivity index (χ3n) is 3.08. The summed E-state index contributed by atoms with van der Waals surface area (Å²) in [4.78, 5) is 23.0. The van der Waals surface area contributed by atoms with Gasteiger partial charge in [0.2, 0.25) is 0 Å². The highest BCUT2D eigenvalue weighted by atomic mass is 32.2. The van der Waals surface area contributed by atoms with Gasteiger partial charge in [-0.1, -0.05) is 37.3 Å². The minimum atomic E-state index is -0.740. The molecule has 0 radical (unpaired) electrons. The third-order valence-corrected chi connectivity index (χ3v) is 4.31. The molecule has 18 heavy (non-hydrogen) atoms. The number of carbonyl (C=O) groups excluding carboxylic acids is 2. The summed E-state index contributed by atoms with van der Waals surface area (Å²) in [6.07, 6.45) is 0.604. The van der Waals surface area contributed by atoms with E-state index >= 15 is 0 Å². The monoisotopic (exact) mass is 264 g/mol. The van der Waals surface area contributed by atoms with E-state index in [-0.39, 0.29) is 11.9 Å². The van der Waals surface area contributed by atoms with Crippen molar-refractivity contribution in [1.82, 2.24) is 10.6 Å². The summed E-state index contributed by atoms with van der Waals surface area (Å²) in [6.45, 7) is 1.91. The van der Waals surface area contributed by atoms with Gasteiger partial charge in [-0.05, 0) is 12.0 Å². The van der Waals surface area contributed by atoms with Crippen molar-refractivity contribution < 1.29 is 9.59 Å². The van der Waals surface area contributed by atoms with Crippen LogP contribution in [0.4, 0.5) is 4.79 Å². The first kappa shape index (κ1) is 13.0. The van der Waals surface area contributed by atoms with Crippen LogP contribution in [0.25, 0.3) is 0 Å². The second-order valence-electron chi connectivity index (χ2n) is 4.32. The van der Waals surface area contributed by atoms with E-state index < -0.39 is 5.54 Å². The maximum atomic E-state index is 11.8. The van der Waals surface area contributed by atoms with Gasteiger partial charge in [-0.2, -0.15) is 11.8 Å². The average Bonchev–Trinajstić information content (AvgIpc) is 2.66. The van der Waals surface area contributed by atoms with E-state index in [2.05, 4.69) is 22.8 Å². The van der Waals surface area contributed by atoms with Gasteiger partial charge in [0.15, 0.2) is 0 Å². The predicted molar refractivity (Wildman–Crippen MR) is 72.3 cm³/mol. The smallest absolute Gasteiger partial charge is 0.322 e. The van der Waals surface area contributed by atoms with Crippen LogP contribution in [0.1, 0.15) is 18.9 Å². The van der Waals surface area contributed by atoms with Gasteiger partial charge < -0.3 is 5.32 Å². The molecular weight excluding hydrogens is 248 g/mol. The van der Waals surface area contributed by atoms with Crippen molar-refractivity contribution in [2.45, 2.75) is 24.6 Å². The van der Waals surface area contributed by atoms with Crippen LogP contribution in [-0.4, -0.2) is 23.2 Å². The number of imide groups is 1. The normalized spacial score (nSPS) is 22.7. The molecule has 3 amide bonds. The molecule has 1 unspecified atom stereocenters. The summed E-state index contributed by atoms with van der Waals surface area (Å²) in [7, 11) is 0. The lowest BCUT2D eigenvalue weighted by Crippen LogP contribution is -2.48. The number of nitrogens with one attached hydrogen (secondary N) is 2.